The highest BCUT2D eigenvalue weighted by atomic mass is 16.4. The molecule has 1 aliphatic heterocycles. The first-order valence-corrected chi connectivity index (χ1v) is 7.27. The zero-order valence-electron chi connectivity index (χ0n) is 13.0. The molecule has 0 aromatic carbocycles. The third-order valence-corrected chi connectivity index (χ3v) is 3.90. The van der Waals surface area contributed by atoms with E-state index in [2.05, 4.69) is 26.1 Å². The number of carboxylic acid groups (broad SMARTS) is 1. The summed E-state index contributed by atoms with van der Waals surface area (Å²) in [4.78, 5) is 24.2. The summed E-state index contributed by atoms with van der Waals surface area (Å²) in [5.41, 5.74) is 1.43. The SMILES string of the molecule is CC1=CCC(C)(c2cc(C(=O)O)nn2-c2ncccn2)CN=C1. The standard InChI is InChI=1S/C16H17N5O2/c1-11-4-5-16(2,10-17-9-11)13-8-12(14(22)23)20-21(13)15-18-6-3-7-19-15/h3-4,6-9H,5,10H2,1-2H3,(H,22,23). The van der Waals surface area contributed by atoms with Gasteiger partial charge in [-0.2, -0.15) is 5.10 Å². The second-order valence-electron chi connectivity index (χ2n) is 5.86. The fourth-order valence-corrected chi connectivity index (χ4v) is 2.55. The normalized spacial score (nSPS) is 20.9. The van der Waals surface area contributed by atoms with Crippen molar-refractivity contribution in [3.8, 4) is 5.95 Å². The lowest BCUT2D eigenvalue weighted by atomic mass is 9.83. The van der Waals surface area contributed by atoms with Gasteiger partial charge in [0.1, 0.15) is 0 Å². The second kappa shape index (κ2) is 5.75. The zero-order valence-corrected chi connectivity index (χ0v) is 13.0. The largest absolute Gasteiger partial charge is 0.476 e. The van der Waals surface area contributed by atoms with Crippen LogP contribution in [0.5, 0.6) is 0 Å². The van der Waals surface area contributed by atoms with Crippen molar-refractivity contribution in [1.29, 1.82) is 0 Å². The molecule has 2 aromatic heterocycles. The molecule has 1 atom stereocenters. The molecule has 7 heteroatoms. The molecule has 1 unspecified atom stereocenters. The Hall–Kier alpha value is -2.83. The molecule has 118 valence electrons. The second-order valence-corrected chi connectivity index (χ2v) is 5.86. The van der Waals surface area contributed by atoms with Crippen molar-refractivity contribution >= 4 is 12.2 Å². The van der Waals surface area contributed by atoms with E-state index in [1.807, 2.05) is 20.1 Å². The van der Waals surface area contributed by atoms with Crippen LogP contribution >= 0.6 is 0 Å². The average Bonchev–Trinajstić information content (AvgIpc) is 2.93. The van der Waals surface area contributed by atoms with Crippen molar-refractivity contribution in [2.45, 2.75) is 25.7 Å². The average molecular weight is 311 g/mol. The van der Waals surface area contributed by atoms with Gasteiger partial charge in [-0.25, -0.2) is 19.4 Å². The number of nitrogens with zero attached hydrogens (tertiary/aromatic N) is 5. The van der Waals surface area contributed by atoms with E-state index >= 15 is 0 Å². The zero-order chi connectivity index (χ0) is 16.4. The van der Waals surface area contributed by atoms with E-state index in [0.29, 0.717) is 12.5 Å². The molecule has 0 amide bonds. The molecule has 3 rings (SSSR count). The Morgan fingerprint density at radius 3 is 2.78 bits per heavy atom. The van der Waals surface area contributed by atoms with Crippen molar-refractivity contribution in [3.63, 3.8) is 0 Å². The minimum atomic E-state index is -1.08. The van der Waals surface area contributed by atoms with Gasteiger partial charge in [-0.3, -0.25) is 4.99 Å². The lowest BCUT2D eigenvalue weighted by Crippen LogP contribution is -2.28. The molecule has 3 heterocycles. The summed E-state index contributed by atoms with van der Waals surface area (Å²) in [5.74, 6) is -0.724. The van der Waals surface area contributed by atoms with E-state index in [-0.39, 0.29) is 11.1 Å². The van der Waals surface area contributed by atoms with E-state index in [4.69, 9.17) is 0 Å². The van der Waals surface area contributed by atoms with Crippen molar-refractivity contribution < 1.29 is 9.90 Å². The third kappa shape index (κ3) is 2.90. The number of aromatic nitrogens is 4. The summed E-state index contributed by atoms with van der Waals surface area (Å²) in [6, 6.07) is 3.29. The first-order chi connectivity index (χ1) is 11.0. The molecule has 0 bridgehead atoms. The predicted octanol–water partition coefficient (Wildman–Crippen LogP) is 2.04. The molecule has 23 heavy (non-hydrogen) atoms. The fourth-order valence-electron chi connectivity index (χ4n) is 2.55. The van der Waals surface area contributed by atoms with Crippen molar-refractivity contribution in [2.24, 2.45) is 4.99 Å². The van der Waals surface area contributed by atoms with Crippen LogP contribution in [0.25, 0.3) is 5.95 Å². The molecule has 0 radical (unpaired) electrons. The number of rotatable bonds is 3. The van der Waals surface area contributed by atoms with Gasteiger partial charge >= 0.3 is 5.97 Å². The van der Waals surface area contributed by atoms with Crippen LogP contribution in [-0.2, 0) is 5.41 Å². The summed E-state index contributed by atoms with van der Waals surface area (Å²) in [7, 11) is 0. The maximum atomic E-state index is 11.3. The summed E-state index contributed by atoms with van der Waals surface area (Å²) >= 11 is 0. The molecule has 0 saturated carbocycles. The summed E-state index contributed by atoms with van der Waals surface area (Å²) < 4.78 is 1.51. The third-order valence-electron chi connectivity index (χ3n) is 3.90. The van der Waals surface area contributed by atoms with Gasteiger partial charge in [-0.1, -0.05) is 13.0 Å². The van der Waals surface area contributed by atoms with Crippen molar-refractivity contribution in [3.05, 3.63) is 47.6 Å². The number of carboxylic acids is 1. The fraction of sp³-hybridized carbons (Fsp3) is 0.312. The van der Waals surface area contributed by atoms with Crippen LogP contribution in [0.4, 0.5) is 0 Å². The molecule has 1 N–H and O–H groups in total. The summed E-state index contributed by atoms with van der Waals surface area (Å²) in [6.45, 7) is 4.58. The number of allylic oxidation sites excluding steroid dienone is 2. The number of hydrogen-bond acceptors (Lipinski definition) is 5. The molecule has 0 aliphatic carbocycles. The predicted molar refractivity (Wildman–Crippen MR) is 85.2 cm³/mol. The molecule has 7 nitrogen and oxygen atoms in total. The maximum absolute atomic E-state index is 11.3. The summed E-state index contributed by atoms with van der Waals surface area (Å²) in [6.07, 6.45) is 7.87. The molecule has 0 spiro atoms. The van der Waals surface area contributed by atoms with Crippen molar-refractivity contribution in [2.75, 3.05) is 6.54 Å². The van der Waals surface area contributed by atoms with Gasteiger partial charge in [0.05, 0.1) is 12.2 Å². The topological polar surface area (TPSA) is 93.3 Å². The Morgan fingerprint density at radius 1 is 1.35 bits per heavy atom. The first-order valence-electron chi connectivity index (χ1n) is 7.27. The lowest BCUT2D eigenvalue weighted by molar-refractivity contribution is 0.0690. The van der Waals surface area contributed by atoms with Crippen LogP contribution in [0.2, 0.25) is 0 Å². The highest BCUT2D eigenvalue weighted by Crippen LogP contribution is 2.32. The highest BCUT2D eigenvalue weighted by Gasteiger charge is 2.33. The Morgan fingerprint density at radius 2 is 2.09 bits per heavy atom. The minimum absolute atomic E-state index is 0.0254. The van der Waals surface area contributed by atoms with Crippen LogP contribution in [0.15, 0.2) is 41.2 Å². The molecular formula is C16H17N5O2. The quantitative estimate of drug-likeness (QED) is 0.936. The van der Waals surface area contributed by atoms with Crippen LogP contribution in [0.3, 0.4) is 0 Å². The van der Waals surface area contributed by atoms with E-state index < -0.39 is 5.97 Å². The highest BCUT2D eigenvalue weighted by molar-refractivity contribution is 5.85. The molecular weight excluding hydrogens is 294 g/mol. The van der Waals surface area contributed by atoms with Crippen molar-refractivity contribution in [1.82, 2.24) is 19.7 Å². The molecule has 0 fully saturated rings. The number of hydrogen-bond donors (Lipinski definition) is 1. The van der Waals surface area contributed by atoms with Gasteiger partial charge in [-0.15, -0.1) is 0 Å². The Balaban J connectivity index is 2.14. The van der Waals surface area contributed by atoms with E-state index in [1.165, 1.54) is 4.68 Å². The van der Waals surface area contributed by atoms with Gasteiger partial charge in [-0.05, 0) is 31.1 Å². The van der Waals surface area contributed by atoms with E-state index in [9.17, 15) is 9.90 Å². The lowest BCUT2D eigenvalue weighted by Gasteiger charge is -2.26. The number of aliphatic imine (C=N–C) groups is 1. The van der Waals surface area contributed by atoms with Crippen LogP contribution < -0.4 is 0 Å². The van der Waals surface area contributed by atoms with Crippen LogP contribution in [-0.4, -0.2) is 43.6 Å². The van der Waals surface area contributed by atoms with Gasteiger partial charge in [0.15, 0.2) is 5.69 Å². The monoisotopic (exact) mass is 311 g/mol. The summed E-state index contributed by atoms with van der Waals surface area (Å²) in [5, 5.41) is 13.5. The molecule has 2 aromatic rings. The molecule has 0 saturated heterocycles. The van der Waals surface area contributed by atoms with Gasteiger partial charge in [0.2, 0.25) is 0 Å². The van der Waals surface area contributed by atoms with Crippen LogP contribution in [0.1, 0.15) is 36.5 Å². The first kappa shape index (κ1) is 15.1. The number of aromatic carboxylic acids is 1. The van der Waals surface area contributed by atoms with E-state index in [1.54, 1.807) is 24.5 Å². The Kier molecular flexibility index (Phi) is 3.77. The van der Waals surface area contributed by atoms with E-state index in [0.717, 1.165) is 17.7 Å². The Labute approximate surface area is 133 Å². The van der Waals surface area contributed by atoms with Gasteiger partial charge in [0.25, 0.3) is 5.95 Å². The Bertz CT molecular complexity index is 794. The minimum Gasteiger partial charge on any atom is -0.476 e. The number of carbonyl (C=O) groups is 1. The molecule has 1 aliphatic rings. The van der Waals surface area contributed by atoms with Gasteiger partial charge < -0.3 is 5.11 Å². The van der Waals surface area contributed by atoms with Crippen LogP contribution in [0, 0.1) is 0 Å². The van der Waals surface area contributed by atoms with Gasteiger partial charge in [0, 0.05) is 24.0 Å². The smallest absolute Gasteiger partial charge is 0.356 e. The maximum Gasteiger partial charge on any atom is 0.356 e.